The van der Waals surface area contributed by atoms with E-state index in [1.54, 1.807) is 13.8 Å². The zero-order valence-electron chi connectivity index (χ0n) is 5.43. The van der Waals surface area contributed by atoms with E-state index in [-0.39, 0.29) is 6.04 Å². The molecule has 1 atom stereocenters. The van der Waals surface area contributed by atoms with Crippen LogP contribution in [-0.4, -0.2) is 17.2 Å². The van der Waals surface area contributed by atoms with Crippen molar-refractivity contribution in [2.75, 3.05) is 0 Å². The van der Waals surface area contributed by atoms with E-state index in [1.807, 2.05) is 0 Å². The molecule has 9 heavy (non-hydrogen) atoms. The Labute approximate surface area is 54.1 Å². The standard InChI is InChI=1S/C6H9NO2/c1-3-4-5(2)7-6(8)9/h5,7H,1-2H3,(H,8,9)/t5-/m0/s1. The van der Waals surface area contributed by atoms with Crippen molar-refractivity contribution < 1.29 is 9.90 Å². The molecule has 0 fully saturated rings. The van der Waals surface area contributed by atoms with Crippen LogP contribution in [-0.2, 0) is 0 Å². The number of rotatable bonds is 1. The third-order valence-corrected chi connectivity index (χ3v) is 0.701. The van der Waals surface area contributed by atoms with Crippen LogP contribution < -0.4 is 5.32 Å². The second-order valence-electron chi connectivity index (χ2n) is 1.57. The zero-order chi connectivity index (χ0) is 7.28. The van der Waals surface area contributed by atoms with Gasteiger partial charge in [0, 0.05) is 0 Å². The summed E-state index contributed by atoms with van der Waals surface area (Å²) in [7, 11) is 0. The normalized spacial score (nSPS) is 10.9. The van der Waals surface area contributed by atoms with Crippen LogP contribution in [0.25, 0.3) is 0 Å². The van der Waals surface area contributed by atoms with E-state index in [9.17, 15) is 4.79 Å². The fraction of sp³-hybridized carbons (Fsp3) is 0.500. The lowest BCUT2D eigenvalue weighted by Gasteiger charge is -2.00. The van der Waals surface area contributed by atoms with Gasteiger partial charge >= 0.3 is 6.09 Å². The van der Waals surface area contributed by atoms with Crippen molar-refractivity contribution in [1.29, 1.82) is 0 Å². The molecule has 0 aliphatic carbocycles. The molecule has 0 saturated heterocycles. The van der Waals surface area contributed by atoms with E-state index in [1.165, 1.54) is 0 Å². The van der Waals surface area contributed by atoms with Crippen LogP contribution in [0.1, 0.15) is 13.8 Å². The van der Waals surface area contributed by atoms with Crippen LogP contribution in [0.3, 0.4) is 0 Å². The Morgan fingerprint density at radius 1 is 1.78 bits per heavy atom. The van der Waals surface area contributed by atoms with Crippen molar-refractivity contribution in [2.45, 2.75) is 19.9 Å². The van der Waals surface area contributed by atoms with Gasteiger partial charge in [-0.05, 0) is 13.8 Å². The first kappa shape index (κ1) is 7.83. The molecule has 0 aromatic rings. The van der Waals surface area contributed by atoms with Gasteiger partial charge in [-0.1, -0.05) is 5.92 Å². The number of hydrogen-bond acceptors (Lipinski definition) is 1. The second kappa shape index (κ2) is 3.79. The summed E-state index contributed by atoms with van der Waals surface area (Å²) in [4.78, 5) is 9.91. The average Bonchev–Trinajstić information content (AvgIpc) is 1.63. The summed E-state index contributed by atoms with van der Waals surface area (Å²) < 4.78 is 0. The van der Waals surface area contributed by atoms with E-state index in [4.69, 9.17) is 5.11 Å². The highest BCUT2D eigenvalue weighted by atomic mass is 16.4. The SMILES string of the molecule is CC#C[C@H](C)NC(=O)O. The van der Waals surface area contributed by atoms with Crippen molar-refractivity contribution in [3.63, 3.8) is 0 Å². The number of carbonyl (C=O) groups is 1. The van der Waals surface area contributed by atoms with Gasteiger partial charge in [0.15, 0.2) is 0 Å². The molecule has 3 heteroatoms. The molecule has 0 aromatic carbocycles. The summed E-state index contributed by atoms with van der Waals surface area (Å²) in [6.07, 6.45) is -1.04. The van der Waals surface area contributed by atoms with Gasteiger partial charge < -0.3 is 10.4 Å². The van der Waals surface area contributed by atoms with E-state index in [0.29, 0.717) is 0 Å². The summed E-state index contributed by atoms with van der Waals surface area (Å²) in [5.74, 6) is 5.23. The van der Waals surface area contributed by atoms with Crippen LogP contribution >= 0.6 is 0 Å². The van der Waals surface area contributed by atoms with E-state index >= 15 is 0 Å². The zero-order valence-corrected chi connectivity index (χ0v) is 5.43. The Morgan fingerprint density at radius 3 is 2.67 bits per heavy atom. The fourth-order valence-electron chi connectivity index (χ4n) is 0.438. The first-order valence-electron chi connectivity index (χ1n) is 2.58. The van der Waals surface area contributed by atoms with Crippen LogP contribution in [0.15, 0.2) is 0 Å². The molecule has 0 aliphatic rings. The molecule has 0 aliphatic heterocycles. The number of amides is 1. The third kappa shape index (κ3) is 4.69. The molecule has 0 bridgehead atoms. The molecule has 0 rings (SSSR count). The van der Waals surface area contributed by atoms with E-state index in [0.717, 1.165) is 0 Å². The van der Waals surface area contributed by atoms with Crippen molar-refractivity contribution in [3.05, 3.63) is 0 Å². The minimum atomic E-state index is -1.04. The molecule has 0 saturated carbocycles. The molecular formula is C6H9NO2. The molecule has 2 N–H and O–H groups in total. The molecule has 50 valence electrons. The van der Waals surface area contributed by atoms with Gasteiger partial charge in [0.05, 0.1) is 6.04 Å². The third-order valence-electron chi connectivity index (χ3n) is 0.701. The second-order valence-corrected chi connectivity index (χ2v) is 1.57. The monoisotopic (exact) mass is 127 g/mol. The van der Waals surface area contributed by atoms with Crippen LogP contribution in [0, 0.1) is 11.8 Å². The van der Waals surface area contributed by atoms with Crippen LogP contribution in [0.5, 0.6) is 0 Å². The van der Waals surface area contributed by atoms with Crippen molar-refractivity contribution in [3.8, 4) is 11.8 Å². The lowest BCUT2D eigenvalue weighted by Crippen LogP contribution is -2.29. The Morgan fingerprint density at radius 2 is 2.33 bits per heavy atom. The van der Waals surface area contributed by atoms with Gasteiger partial charge in [0.2, 0.25) is 0 Å². The predicted octanol–water partition coefficient (Wildman–Crippen LogP) is 0.666. The fourth-order valence-corrected chi connectivity index (χ4v) is 0.438. The largest absolute Gasteiger partial charge is 0.465 e. The summed E-state index contributed by atoms with van der Waals surface area (Å²) in [6.45, 7) is 3.35. The summed E-state index contributed by atoms with van der Waals surface area (Å²) in [5.41, 5.74) is 0. The van der Waals surface area contributed by atoms with Crippen LogP contribution in [0.2, 0.25) is 0 Å². The Balaban J connectivity index is 3.59. The van der Waals surface area contributed by atoms with Crippen molar-refractivity contribution in [2.24, 2.45) is 0 Å². The lowest BCUT2D eigenvalue weighted by atomic mass is 10.3. The smallest absolute Gasteiger partial charge is 0.405 e. The lowest BCUT2D eigenvalue weighted by molar-refractivity contribution is 0.193. The predicted molar refractivity (Wildman–Crippen MR) is 34.1 cm³/mol. The van der Waals surface area contributed by atoms with Gasteiger partial charge in [0.1, 0.15) is 0 Å². The quantitative estimate of drug-likeness (QED) is 0.508. The van der Waals surface area contributed by atoms with Gasteiger partial charge in [-0.3, -0.25) is 0 Å². The molecule has 0 spiro atoms. The highest BCUT2D eigenvalue weighted by molar-refractivity contribution is 5.65. The minimum Gasteiger partial charge on any atom is -0.465 e. The van der Waals surface area contributed by atoms with Gasteiger partial charge in [-0.2, -0.15) is 0 Å². The Bertz CT molecular complexity index is 154. The first-order chi connectivity index (χ1) is 4.16. The van der Waals surface area contributed by atoms with E-state index < -0.39 is 6.09 Å². The maximum Gasteiger partial charge on any atom is 0.405 e. The maximum atomic E-state index is 9.91. The highest BCUT2D eigenvalue weighted by Gasteiger charge is 1.97. The number of nitrogens with one attached hydrogen (secondary N) is 1. The molecule has 0 radical (unpaired) electrons. The van der Waals surface area contributed by atoms with Gasteiger partial charge in [0.25, 0.3) is 0 Å². The first-order valence-corrected chi connectivity index (χ1v) is 2.58. The summed E-state index contributed by atoms with van der Waals surface area (Å²) in [5, 5.41) is 10.3. The molecule has 3 nitrogen and oxygen atoms in total. The number of hydrogen-bond donors (Lipinski definition) is 2. The molecular weight excluding hydrogens is 118 g/mol. The summed E-state index contributed by atoms with van der Waals surface area (Å²) >= 11 is 0. The molecule has 0 aromatic heterocycles. The topological polar surface area (TPSA) is 49.3 Å². The molecule has 0 heterocycles. The average molecular weight is 127 g/mol. The van der Waals surface area contributed by atoms with Gasteiger partial charge in [-0.15, -0.1) is 5.92 Å². The van der Waals surface area contributed by atoms with Crippen molar-refractivity contribution in [1.82, 2.24) is 5.32 Å². The van der Waals surface area contributed by atoms with E-state index in [2.05, 4.69) is 17.2 Å². The maximum absolute atomic E-state index is 9.91. The van der Waals surface area contributed by atoms with Gasteiger partial charge in [-0.25, -0.2) is 4.79 Å². The molecule has 1 amide bonds. The molecule has 0 unspecified atom stereocenters. The van der Waals surface area contributed by atoms with Crippen LogP contribution in [0.4, 0.5) is 4.79 Å². The highest BCUT2D eigenvalue weighted by Crippen LogP contribution is 1.75. The number of carboxylic acid groups (broad SMARTS) is 1. The Hall–Kier alpha value is -1.17. The van der Waals surface area contributed by atoms with Crippen molar-refractivity contribution >= 4 is 6.09 Å². The summed E-state index contributed by atoms with van der Waals surface area (Å²) in [6, 6.07) is -0.271. The Kier molecular flexibility index (Phi) is 3.29. The minimum absolute atomic E-state index is 0.271.